The summed E-state index contributed by atoms with van der Waals surface area (Å²) in [6.45, 7) is 6.60. The van der Waals surface area contributed by atoms with Gasteiger partial charge in [-0.15, -0.1) is 0 Å². The Bertz CT molecular complexity index is 361. The van der Waals surface area contributed by atoms with Gasteiger partial charge in [-0.05, 0) is 13.8 Å². The highest BCUT2D eigenvalue weighted by molar-refractivity contribution is 5.37. The number of rotatable bonds is 8. The molecule has 0 amide bonds. The van der Waals surface area contributed by atoms with E-state index >= 15 is 0 Å². The van der Waals surface area contributed by atoms with Crippen LogP contribution in [0.3, 0.4) is 0 Å². The van der Waals surface area contributed by atoms with Gasteiger partial charge in [0.15, 0.2) is 0 Å². The van der Waals surface area contributed by atoms with Crippen LogP contribution in [0.2, 0.25) is 0 Å². The van der Waals surface area contributed by atoms with Crippen molar-refractivity contribution in [2.75, 3.05) is 50.7 Å². The zero-order chi connectivity index (χ0) is 13.4. The molecule has 1 rings (SSSR count). The first-order valence-corrected chi connectivity index (χ1v) is 6.05. The first-order chi connectivity index (χ1) is 8.74. The van der Waals surface area contributed by atoms with Crippen molar-refractivity contribution in [1.29, 1.82) is 0 Å². The Balaban J connectivity index is 2.93. The highest BCUT2D eigenvalue weighted by atomic mass is 16.5. The number of hydrogen-bond acceptors (Lipinski definition) is 7. The molecule has 0 atom stereocenters. The van der Waals surface area contributed by atoms with Crippen molar-refractivity contribution >= 4 is 11.9 Å². The number of aromatic nitrogens is 3. The summed E-state index contributed by atoms with van der Waals surface area (Å²) in [6.07, 6.45) is 0. The predicted octanol–water partition coefficient (Wildman–Crippen LogP) is 0.785. The van der Waals surface area contributed by atoms with Gasteiger partial charge in [-0.3, -0.25) is 0 Å². The fourth-order valence-electron chi connectivity index (χ4n) is 1.39. The fraction of sp³-hybridized carbons (Fsp3) is 0.727. The number of nitrogens with zero attached hydrogens (tertiary/aromatic N) is 4. The van der Waals surface area contributed by atoms with Crippen molar-refractivity contribution in [3.8, 4) is 6.01 Å². The van der Waals surface area contributed by atoms with E-state index in [1.807, 2.05) is 18.7 Å². The molecule has 0 aliphatic carbocycles. The van der Waals surface area contributed by atoms with Crippen molar-refractivity contribution in [2.24, 2.45) is 0 Å². The first kappa shape index (κ1) is 14.4. The largest absolute Gasteiger partial charge is 0.464 e. The van der Waals surface area contributed by atoms with Crippen LogP contribution in [0.1, 0.15) is 13.8 Å². The van der Waals surface area contributed by atoms with Crippen LogP contribution in [0.4, 0.5) is 11.9 Å². The number of hydrogen-bond donors (Lipinski definition) is 1. The Kier molecular flexibility index (Phi) is 6.13. The maximum Gasteiger partial charge on any atom is 0.323 e. The summed E-state index contributed by atoms with van der Waals surface area (Å²) in [4.78, 5) is 14.7. The molecule has 1 N–H and O–H groups in total. The molecule has 0 aliphatic heterocycles. The molecule has 0 bridgehead atoms. The molecule has 0 spiro atoms. The van der Waals surface area contributed by atoms with E-state index in [-0.39, 0.29) is 0 Å². The number of methoxy groups -OCH3 is 1. The van der Waals surface area contributed by atoms with Gasteiger partial charge in [0.05, 0.1) is 13.2 Å². The minimum atomic E-state index is 0.336. The van der Waals surface area contributed by atoms with Crippen LogP contribution in [0.5, 0.6) is 6.01 Å². The zero-order valence-electron chi connectivity index (χ0n) is 11.4. The lowest BCUT2D eigenvalue weighted by atomic mass is 10.5. The zero-order valence-corrected chi connectivity index (χ0v) is 11.4. The van der Waals surface area contributed by atoms with Crippen LogP contribution < -0.4 is 15.0 Å². The summed E-state index contributed by atoms with van der Waals surface area (Å²) in [5, 5.41) is 2.90. The molecule has 0 fully saturated rings. The lowest BCUT2D eigenvalue weighted by Gasteiger charge is -2.20. The quantitative estimate of drug-likeness (QED) is 0.736. The van der Waals surface area contributed by atoms with Gasteiger partial charge < -0.3 is 19.7 Å². The van der Waals surface area contributed by atoms with E-state index in [4.69, 9.17) is 9.47 Å². The molecular weight excluding hydrogens is 234 g/mol. The van der Waals surface area contributed by atoms with Crippen LogP contribution in [-0.2, 0) is 4.74 Å². The highest BCUT2D eigenvalue weighted by Crippen LogP contribution is 2.14. The highest BCUT2D eigenvalue weighted by Gasteiger charge is 2.12. The summed E-state index contributed by atoms with van der Waals surface area (Å²) < 4.78 is 10.4. The molecule has 18 heavy (non-hydrogen) atoms. The van der Waals surface area contributed by atoms with Crippen molar-refractivity contribution in [1.82, 2.24) is 15.0 Å². The predicted molar refractivity (Wildman–Crippen MR) is 70.3 cm³/mol. The Morgan fingerprint density at radius 3 is 2.56 bits per heavy atom. The molecule has 0 radical (unpaired) electrons. The molecular formula is C11H21N5O2. The van der Waals surface area contributed by atoms with Crippen LogP contribution >= 0.6 is 0 Å². The third-order valence-electron chi connectivity index (χ3n) is 2.33. The van der Waals surface area contributed by atoms with E-state index in [1.165, 1.54) is 0 Å². The Morgan fingerprint density at radius 1 is 1.22 bits per heavy atom. The Morgan fingerprint density at radius 2 is 2.00 bits per heavy atom. The standard InChI is InChI=1S/C11H21N5O2/c1-5-16(7-8-17-4)10-13-9(12-3)14-11(15-10)18-6-2/h5-8H2,1-4H3,(H,12,13,14,15). The second-order valence-electron chi connectivity index (χ2n) is 3.50. The normalized spacial score (nSPS) is 10.2. The molecule has 0 unspecified atom stereocenters. The van der Waals surface area contributed by atoms with E-state index in [9.17, 15) is 0 Å². The molecule has 0 aliphatic rings. The van der Waals surface area contributed by atoms with Crippen LogP contribution in [0.15, 0.2) is 0 Å². The van der Waals surface area contributed by atoms with Crippen LogP contribution in [0.25, 0.3) is 0 Å². The topological polar surface area (TPSA) is 72.4 Å². The van der Waals surface area contributed by atoms with E-state index in [0.29, 0.717) is 31.1 Å². The average molecular weight is 255 g/mol. The van der Waals surface area contributed by atoms with E-state index in [0.717, 1.165) is 13.1 Å². The second-order valence-corrected chi connectivity index (χ2v) is 3.50. The van der Waals surface area contributed by atoms with Gasteiger partial charge in [-0.1, -0.05) is 0 Å². The van der Waals surface area contributed by atoms with Crippen LogP contribution in [0, 0.1) is 0 Å². The van der Waals surface area contributed by atoms with E-state index in [2.05, 4.69) is 20.3 Å². The maximum absolute atomic E-state index is 5.33. The van der Waals surface area contributed by atoms with Gasteiger partial charge >= 0.3 is 6.01 Å². The summed E-state index contributed by atoms with van der Waals surface area (Å²) >= 11 is 0. The Labute approximate surface area is 108 Å². The first-order valence-electron chi connectivity index (χ1n) is 6.05. The molecule has 0 saturated heterocycles. The molecule has 0 saturated carbocycles. The smallest absolute Gasteiger partial charge is 0.323 e. The minimum absolute atomic E-state index is 0.336. The lowest BCUT2D eigenvalue weighted by molar-refractivity contribution is 0.205. The fourth-order valence-corrected chi connectivity index (χ4v) is 1.39. The van der Waals surface area contributed by atoms with Gasteiger partial charge in [0.25, 0.3) is 0 Å². The summed E-state index contributed by atoms with van der Waals surface area (Å²) in [6, 6.07) is 0.336. The van der Waals surface area contributed by atoms with E-state index in [1.54, 1.807) is 14.2 Å². The minimum Gasteiger partial charge on any atom is -0.464 e. The molecule has 0 aromatic carbocycles. The molecule has 1 aromatic heterocycles. The lowest BCUT2D eigenvalue weighted by Crippen LogP contribution is -2.29. The van der Waals surface area contributed by atoms with Gasteiger partial charge in [-0.2, -0.15) is 15.0 Å². The van der Waals surface area contributed by atoms with Crippen molar-refractivity contribution in [3.63, 3.8) is 0 Å². The van der Waals surface area contributed by atoms with Crippen LogP contribution in [-0.4, -0.2) is 55.4 Å². The summed E-state index contributed by atoms with van der Waals surface area (Å²) in [7, 11) is 3.44. The number of ether oxygens (including phenoxy) is 2. The van der Waals surface area contributed by atoms with Crippen molar-refractivity contribution in [3.05, 3.63) is 0 Å². The molecule has 1 heterocycles. The summed E-state index contributed by atoms with van der Waals surface area (Å²) in [5.74, 6) is 1.09. The SMILES string of the molecule is CCOc1nc(NC)nc(N(CC)CCOC)n1. The van der Waals surface area contributed by atoms with Crippen molar-refractivity contribution < 1.29 is 9.47 Å². The van der Waals surface area contributed by atoms with Gasteiger partial charge in [0.1, 0.15) is 0 Å². The number of anilines is 2. The molecule has 7 nitrogen and oxygen atoms in total. The second kappa shape index (κ2) is 7.65. The van der Waals surface area contributed by atoms with Gasteiger partial charge in [0.2, 0.25) is 11.9 Å². The van der Waals surface area contributed by atoms with Gasteiger partial charge in [-0.25, -0.2) is 0 Å². The average Bonchev–Trinajstić information content (AvgIpc) is 2.39. The third-order valence-corrected chi connectivity index (χ3v) is 2.33. The number of nitrogens with one attached hydrogen (secondary N) is 1. The van der Waals surface area contributed by atoms with Gasteiger partial charge in [0, 0.05) is 27.2 Å². The monoisotopic (exact) mass is 255 g/mol. The third kappa shape index (κ3) is 3.99. The number of likely N-dealkylation sites (N-methyl/N-ethyl adjacent to an activating group) is 1. The molecule has 7 heteroatoms. The summed E-state index contributed by atoms with van der Waals surface area (Å²) in [5.41, 5.74) is 0. The molecule has 102 valence electrons. The maximum atomic E-state index is 5.33. The molecule has 1 aromatic rings. The van der Waals surface area contributed by atoms with Crippen molar-refractivity contribution in [2.45, 2.75) is 13.8 Å². The van der Waals surface area contributed by atoms with E-state index < -0.39 is 0 Å². The Hall–Kier alpha value is -1.63.